The lowest BCUT2D eigenvalue weighted by atomic mass is 10.0. The highest BCUT2D eigenvalue weighted by Gasteiger charge is 2.14. The van der Waals surface area contributed by atoms with Crippen molar-refractivity contribution in [3.05, 3.63) is 18.0 Å². The molecular formula is C12H17N3O. The fraction of sp³-hybridized carbons (Fsp3) is 0.583. The van der Waals surface area contributed by atoms with Crippen LogP contribution in [0.5, 0.6) is 0 Å². The van der Waals surface area contributed by atoms with Crippen molar-refractivity contribution in [1.29, 1.82) is 0 Å². The van der Waals surface area contributed by atoms with E-state index in [1.165, 1.54) is 0 Å². The van der Waals surface area contributed by atoms with Crippen molar-refractivity contribution in [1.82, 2.24) is 9.78 Å². The predicted molar refractivity (Wildman–Crippen MR) is 61.7 cm³/mol. The molecule has 16 heavy (non-hydrogen) atoms. The number of rotatable bonds is 2. The molecule has 0 radical (unpaired) electrons. The van der Waals surface area contributed by atoms with Crippen LogP contribution in [0.2, 0.25) is 0 Å². The van der Waals surface area contributed by atoms with Crippen molar-refractivity contribution in [3.63, 3.8) is 0 Å². The maximum Gasteiger partial charge on any atom is 0.0646 e. The molecule has 0 saturated carbocycles. The summed E-state index contributed by atoms with van der Waals surface area (Å²) in [5.41, 5.74) is 6.26. The van der Waals surface area contributed by atoms with Crippen molar-refractivity contribution in [2.75, 3.05) is 19.8 Å². The summed E-state index contributed by atoms with van der Waals surface area (Å²) < 4.78 is 7.30. The van der Waals surface area contributed by atoms with Gasteiger partial charge in [-0.15, -0.1) is 0 Å². The lowest BCUT2D eigenvalue weighted by molar-refractivity contribution is 0.0601. The smallest absolute Gasteiger partial charge is 0.0646 e. The van der Waals surface area contributed by atoms with Crippen LogP contribution in [-0.2, 0) is 11.3 Å². The van der Waals surface area contributed by atoms with Crippen LogP contribution in [0.1, 0.15) is 18.4 Å². The van der Waals surface area contributed by atoms with Crippen LogP contribution in [0.3, 0.4) is 0 Å². The largest absolute Gasteiger partial charge is 0.381 e. The molecule has 4 heteroatoms. The van der Waals surface area contributed by atoms with Crippen LogP contribution >= 0.6 is 0 Å². The third kappa shape index (κ3) is 3.09. The second kappa shape index (κ2) is 5.69. The summed E-state index contributed by atoms with van der Waals surface area (Å²) in [6.45, 7) is 3.12. The van der Waals surface area contributed by atoms with Gasteiger partial charge in [0.1, 0.15) is 0 Å². The lowest BCUT2D eigenvalue weighted by Crippen LogP contribution is -2.20. The molecule has 1 saturated heterocycles. The Hall–Kier alpha value is -1.31. The Labute approximate surface area is 95.8 Å². The first-order valence-electron chi connectivity index (χ1n) is 5.67. The Bertz CT molecular complexity index is 382. The Morgan fingerprint density at radius 1 is 1.50 bits per heavy atom. The number of nitrogens with two attached hydrogens (primary N) is 1. The topological polar surface area (TPSA) is 53.1 Å². The Morgan fingerprint density at radius 3 is 3.06 bits per heavy atom. The first kappa shape index (κ1) is 11.2. The van der Waals surface area contributed by atoms with Crippen molar-refractivity contribution in [2.24, 2.45) is 11.7 Å². The van der Waals surface area contributed by atoms with Crippen LogP contribution in [0, 0.1) is 17.8 Å². The maximum atomic E-state index is 5.33. The third-order valence-electron chi connectivity index (χ3n) is 2.75. The molecule has 2 rings (SSSR count). The molecule has 0 amide bonds. The van der Waals surface area contributed by atoms with Crippen LogP contribution in [0.25, 0.3) is 0 Å². The molecule has 1 aromatic rings. The molecule has 1 fully saturated rings. The number of nitrogens with zero attached hydrogens (tertiary/aromatic N) is 2. The Balaban J connectivity index is 1.91. The minimum absolute atomic E-state index is 0.394. The average molecular weight is 219 g/mol. The van der Waals surface area contributed by atoms with Gasteiger partial charge in [-0.1, -0.05) is 11.8 Å². The summed E-state index contributed by atoms with van der Waals surface area (Å²) in [5.74, 6) is 6.49. The lowest BCUT2D eigenvalue weighted by Gasteiger charge is -2.21. The van der Waals surface area contributed by atoms with Crippen molar-refractivity contribution in [2.45, 2.75) is 19.4 Å². The molecule has 4 nitrogen and oxygen atoms in total. The van der Waals surface area contributed by atoms with Gasteiger partial charge in [-0.05, 0) is 18.8 Å². The quantitative estimate of drug-likeness (QED) is 0.742. The molecule has 0 unspecified atom stereocenters. The standard InChI is InChI=1S/C12H17N3O/c13-5-1-2-12-8-14-15(10-12)9-11-3-6-16-7-4-11/h8,10-11H,3-7,9,13H2. The highest BCUT2D eigenvalue weighted by molar-refractivity contribution is 5.29. The molecule has 1 aromatic heterocycles. The zero-order valence-corrected chi connectivity index (χ0v) is 9.35. The fourth-order valence-corrected chi connectivity index (χ4v) is 1.87. The van der Waals surface area contributed by atoms with Gasteiger partial charge < -0.3 is 10.5 Å². The van der Waals surface area contributed by atoms with E-state index in [1.54, 1.807) is 6.20 Å². The number of ether oxygens (including phenoxy) is 1. The van der Waals surface area contributed by atoms with Gasteiger partial charge in [-0.3, -0.25) is 4.68 Å². The van der Waals surface area contributed by atoms with Gasteiger partial charge in [-0.25, -0.2) is 0 Å². The summed E-state index contributed by atoms with van der Waals surface area (Å²) >= 11 is 0. The van der Waals surface area contributed by atoms with Gasteiger partial charge in [0.25, 0.3) is 0 Å². The van der Waals surface area contributed by atoms with E-state index in [4.69, 9.17) is 10.5 Å². The van der Waals surface area contributed by atoms with E-state index >= 15 is 0 Å². The molecule has 0 aliphatic carbocycles. The van der Waals surface area contributed by atoms with E-state index in [0.717, 1.165) is 38.2 Å². The molecule has 86 valence electrons. The summed E-state index contributed by atoms with van der Waals surface area (Å²) in [7, 11) is 0. The number of aromatic nitrogens is 2. The first-order chi connectivity index (χ1) is 7.88. The molecule has 1 aliphatic rings. The summed E-state index contributed by atoms with van der Waals surface area (Å²) in [4.78, 5) is 0. The monoisotopic (exact) mass is 219 g/mol. The molecule has 0 aromatic carbocycles. The van der Waals surface area contributed by atoms with Gasteiger partial charge in [-0.2, -0.15) is 5.10 Å². The van der Waals surface area contributed by atoms with Crippen molar-refractivity contribution < 1.29 is 4.74 Å². The molecule has 2 heterocycles. The predicted octanol–water partition coefficient (Wildman–Crippen LogP) is 0.620. The minimum Gasteiger partial charge on any atom is -0.381 e. The van der Waals surface area contributed by atoms with E-state index in [2.05, 4.69) is 16.9 Å². The zero-order chi connectivity index (χ0) is 11.2. The molecule has 1 aliphatic heterocycles. The molecule has 2 N–H and O–H groups in total. The van der Waals surface area contributed by atoms with E-state index < -0.39 is 0 Å². The van der Waals surface area contributed by atoms with Crippen molar-refractivity contribution >= 4 is 0 Å². The van der Waals surface area contributed by atoms with Gasteiger partial charge >= 0.3 is 0 Å². The first-order valence-corrected chi connectivity index (χ1v) is 5.67. The van der Waals surface area contributed by atoms with Crippen LogP contribution in [0.4, 0.5) is 0 Å². The van der Waals surface area contributed by atoms with Gasteiger partial charge in [0, 0.05) is 26.0 Å². The van der Waals surface area contributed by atoms with E-state index in [0.29, 0.717) is 12.5 Å². The van der Waals surface area contributed by atoms with Gasteiger partial charge in [0.05, 0.1) is 18.3 Å². The fourth-order valence-electron chi connectivity index (χ4n) is 1.87. The number of hydrogen-bond donors (Lipinski definition) is 1. The summed E-state index contributed by atoms with van der Waals surface area (Å²) in [5, 5.41) is 4.30. The summed E-state index contributed by atoms with van der Waals surface area (Å²) in [6.07, 6.45) is 6.04. The zero-order valence-electron chi connectivity index (χ0n) is 9.35. The van der Waals surface area contributed by atoms with Gasteiger partial charge in [0.2, 0.25) is 0 Å². The Kier molecular flexibility index (Phi) is 3.97. The SMILES string of the molecule is NCC#Cc1cnn(CC2CCOCC2)c1. The molecular weight excluding hydrogens is 202 g/mol. The number of hydrogen-bond acceptors (Lipinski definition) is 3. The second-order valence-corrected chi connectivity index (χ2v) is 4.01. The highest BCUT2D eigenvalue weighted by Crippen LogP contribution is 2.16. The molecule has 0 atom stereocenters. The summed E-state index contributed by atoms with van der Waals surface area (Å²) in [6, 6.07) is 0. The van der Waals surface area contributed by atoms with Crippen LogP contribution in [-0.4, -0.2) is 29.5 Å². The van der Waals surface area contributed by atoms with Crippen LogP contribution < -0.4 is 5.73 Å². The van der Waals surface area contributed by atoms with Crippen molar-refractivity contribution in [3.8, 4) is 11.8 Å². The van der Waals surface area contributed by atoms with Crippen LogP contribution in [0.15, 0.2) is 12.4 Å². The maximum absolute atomic E-state index is 5.33. The van der Waals surface area contributed by atoms with E-state index in [-0.39, 0.29) is 0 Å². The highest BCUT2D eigenvalue weighted by atomic mass is 16.5. The minimum atomic E-state index is 0.394. The van der Waals surface area contributed by atoms with E-state index in [9.17, 15) is 0 Å². The molecule has 0 bridgehead atoms. The molecule has 0 spiro atoms. The third-order valence-corrected chi connectivity index (χ3v) is 2.75. The van der Waals surface area contributed by atoms with Gasteiger partial charge in [0.15, 0.2) is 0 Å². The second-order valence-electron chi connectivity index (χ2n) is 4.01. The van der Waals surface area contributed by atoms with E-state index in [1.807, 2.05) is 10.9 Å². The normalized spacial score (nSPS) is 16.8. The average Bonchev–Trinajstić information content (AvgIpc) is 2.75. The Morgan fingerprint density at radius 2 is 2.31 bits per heavy atom.